The summed E-state index contributed by atoms with van der Waals surface area (Å²) in [5.41, 5.74) is 18.9. The van der Waals surface area contributed by atoms with Gasteiger partial charge in [-0.2, -0.15) is 0 Å². The molecule has 47 heavy (non-hydrogen) atoms. The summed E-state index contributed by atoms with van der Waals surface area (Å²) >= 11 is 0. The normalized spacial score (nSPS) is 15.1. The molecule has 2 aliphatic heterocycles. The summed E-state index contributed by atoms with van der Waals surface area (Å²) in [6.07, 6.45) is 0. The van der Waals surface area contributed by atoms with Gasteiger partial charge in [-0.25, -0.2) is 0 Å². The number of nitrogens with zero attached hydrogens (tertiary/aromatic N) is 2. The molecule has 0 spiro atoms. The van der Waals surface area contributed by atoms with Crippen molar-refractivity contribution in [1.82, 2.24) is 4.57 Å². The fraction of sp³-hybridized carbons (Fsp3) is 0.182. The predicted octanol–water partition coefficient (Wildman–Crippen LogP) is 9.93. The monoisotopic (exact) mass is 604 g/mol. The number of hydrogen-bond acceptors (Lipinski definition) is 1. The van der Waals surface area contributed by atoms with E-state index >= 15 is 0 Å². The van der Waals surface area contributed by atoms with Crippen molar-refractivity contribution in [1.29, 1.82) is 0 Å². The Morgan fingerprint density at radius 2 is 1.40 bits per heavy atom. The number of fused-ring (bicyclic) bond motifs is 11. The summed E-state index contributed by atoms with van der Waals surface area (Å²) in [4.78, 5) is 2.64. The highest BCUT2D eigenvalue weighted by atomic mass is 15.1. The van der Waals surface area contributed by atoms with Crippen LogP contribution in [-0.2, 0) is 10.8 Å². The van der Waals surface area contributed by atoms with Gasteiger partial charge < -0.3 is 9.38 Å². The van der Waals surface area contributed by atoms with Crippen LogP contribution >= 0.6 is 0 Å². The van der Waals surface area contributed by atoms with Gasteiger partial charge in [-0.05, 0) is 86.1 Å². The zero-order chi connectivity index (χ0) is 32.0. The Labute approximate surface area is 277 Å². The molecule has 0 amide bonds. The van der Waals surface area contributed by atoms with Gasteiger partial charge in [0.2, 0.25) is 0 Å². The summed E-state index contributed by atoms with van der Waals surface area (Å²) < 4.78 is 2.67. The standard InChI is InChI=1S/C44H37BN2/c1-26-24-33-38-30-13-8-7-12-27(30)18-23-36(38)47(29-21-19-28(20-22-29)43(2,3)4)45-35-17-11-15-32-39-31-14-9-10-16-34(31)44(5,6)42(39)46(41(32)35)37(25-26)40(33)45/h7-25H,1-6H3. The van der Waals surface area contributed by atoms with Gasteiger partial charge >= 0.3 is 6.85 Å². The van der Waals surface area contributed by atoms with Crippen molar-refractivity contribution >= 4 is 50.8 Å². The summed E-state index contributed by atoms with van der Waals surface area (Å²) in [5, 5.41) is 3.94. The predicted molar refractivity (Wildman–Crippen MR) is 201 cm³/mol. The highest BCUT2D eigenvalue weighted by Gasteiger charge is 2.48. The van der Waals surface area contributed by atoms with Crippen molar-refractivity contribution in [3.63, 3.8) is 0 Å². The van der Waals surface area contributed by atoms with Crippen LogP contribution in [0.5, 0.6) is 0 Å². The van der Waals surface area contributed by atoms with E-state index < -0.39 is 0 Å². The van der Waals surface area contributed by atoms with E-state index in [1.807, 2.05) is 0 Å². The van der Waals surface area contributed by atoms with Gasteiger partial charge in [0.1, 0.15) is 0 Å². The molecule has 0 fully saturated rings. The fourth-order valence-corrected chi connectivity index (χ4v) is 9.24. The maximum Gasteiger partial charge on any atom is 0.333 e. The Balaban J connectivity index is 1.37. The van der Waals surface area contributed by atoms with Gasteiger partial charge in [-0.15, -0.1) is 0 Å². The van der Waals surface area contributed by atoms with Crippen LogP contribution in [0.2, 0.25) is 0 Å². The van der Waals surface area contributed by atoms with Crippen molar-refractivity contribution in [2.75, 3.05) is 4.81 Å². The highest BCUT2D eigenvalue weighted by molar-refractivity contribution is 6.93. The molecule has 0 saturated heterocycles. The lowest BCUT2D eigenvalue weighted by molar-refractivity contribution is 0.590. The van der Waals surface area contributed by atoms with Gasteiger partial charge in [0.15, 0.2) is 0 Å². The Hall–Kier alpha value is -5.02. The third kappa shape index (κ3) is 3.37. The van der Waals surface area contributed by atoms with Gasteiger partial charge in [0.05, 0.1) is 5.52 Å². The smallest absolute Gasteiger partial charge is 0.333 e. The molecule has 1 aromatic heterocycles. The number of aromatic nitrogens is 1. The van der Waals surface area contributed by atoms with Crippen molar-refractivity contribution in [3.8, 4) is 27.9 Å². The topological polar surface area (TPSA) is 8.17 Å². The van der Waals surface area contributed by atoms with E-state index in [4.69, 9.17) is 0 Å². The van der Waals surface area contributed by atoms with Crippen molar-refractivity contribution in [2.24, 2.45) is 0 Å². The summed E-state index contributed by atoms with van der Waals surface area (Å²) in [6.45, 7) is 14.0. The number of anilines is 2. The molecule has 0 radical (unpaired) electrons. The molecule has 0 N–H and O–H groups in total. The van der Waals surface area contributed by atoms with Crippen molar-refractivity contribution < 1.29 is 0 Å². The van der Waals surface area contributed by atoms with E-state index in [0.29, 0.717) is 0 Å². The van der Waals surface area contributed by atoms with Crippen LogP contribution in [0.25, 0.3) is 49.6 Å². The number of aryl methyl sites for hydroxylation is 1. The van der Waals surface area contributed by atoms with E-state index in [-0.39, 0.29) is 17.7 Å². The molecular weight excluding hydrogens is 567 g/mol. The third-order valence-corrected chi connectivity index (χ3v) is 11.3. The largest absolute Gasteiger partial charge is 0.376 e. The average molecular weight is 605 g/mol. The molecule has 3 heterocycles. The second-order valence-electron chi connectivity index (χ2n) is 15.5. The number of hydrogen-bond donors (Lipinski definition) is 0. The highest BCUT2D eigenvalue weighted by Crippen LogP contribution is 2.55. The molecule has 0 bridgehead atoms. The van der Waals surface area contributed by atoms with Crippen LogP contribution in [-0.4, -0.2) is 11.4 Å². The third-order valence-electron chi connectivity index (χ3n) is 11.3. The van der Waals surface area contributed by atoms with Crippen LogP contribution < -0.4 is 15.7 Å². The minimum Gasteiger partial charge on any atom is -0.376 e. The summed E-state index contributed by atoms with van der Waals surface area (Å²) in [7, 11) is 0. The zero-order valence-electron chi connectivity index (χ0n) is 27.9. The van der Waals surface area contributed by atoms with E-state index in [1.165, 1.54) is 94.3 Å². The first-order valence-corrected chi connectivity index (χ1v) is 17.0. The molecule has 0 unspecified atom stereocenters. The Morgan fingerprint density at radius 1 is 0.660 bits per heavy atom. The fourth-order valence-electron chi connectivity index (χ4n) is 9.24. The lowest BCUT2D eigenvalue weighted by atomic mass is 9.43. The Morgan fingerprint density at radius 3 is 2.21 bits per heavy atom. The average Bonchev–Trinajstić information content (AvgIpc) is 3.54. The molecular formula is C44H37BN2. The van der Waals surface area contributed by atoms with Gasteiger partial charge in [-0.1, -0.05) is 126 Å². The SMILES string of the molecule is Cc1cc2c3c(c1)-n1c4c(c5cccc(c51)B3N(c1ccc(C(C)(C)C)cc1)c1ccc3ccccc3c1-2)-c1ccccc1C4(C)C. The van der Waals surface area contributed by atoms with Crippen LogP contribution in [0, 0.1) is 6.92 Å². The molecule has 3 heteroatoms. The second kappa shape index (κ2) is 8.86. The maximum atomic E-state index is 2.67. The number of para-hydroxylation sites is 1. The minimum absolute atomic E-state index is 0.0410. The molecule has 10 rings (SSSR count). The first kappa shape index (κ1) is 27.1. The Bertz CT molecular complexity index is 2490. The lowest BCUT2D eigenvalue weighted by Crippen LogP contribution is -2.60. The molecule has 226 valence electrons. The second-order valence-corrected chi connectivity index (χ2v) is 15.5. The summed E-state index contributed by atoms with van der Waals surface area (Å²) in [6, 6.07) is 44.0. The van der Waals surface area contributed by atoms with Gasteiger partial charge in [0.25, 0.3) is 0 Å². The molecule has 1 aliphatic carbocycles. The maximum absolute atomic E-state index is 2.67. The number of benzene rings is 6. The quantitative estimate of drug-likeness (QED) is 0.169. The lowest BCUT2D eigenvalue weighted by Gasteiger charge is -2.43. The minimum atomic E-state index is -0.132. The van der Waals surface area contributed by atoms with E-state index in [2.05, 4.69) is 166 Å². The van der Waals surface area contributed by atoms with E-state index in [9.17, 15) is 0 Å². The zero-order valence-corrected chi connectivity index (χ0v) is 27.9. The van der Waals surface area contributed by atoms with Crippen LogP contribution in [0.15, 0.2) is 115 Å². The van der Waals surface area contributed by atoms with Crippen LogP contribution in [0.3, 0.4) is 0 Å². The molecule has 6 aromatic carbocycles. The molecule has 2 nitrogen and oxygen atoms in total. The van der Waals surface area contributed by atoms with E-state index in [0.717, 1.165) is 0 Å². The Kier molecular flexibility index (Phi) is 5.12. The van der Waals surface area contributed by atoms with Crippen LogP contribution in [0.4, 0.5) is 11.4 Å². The summed E-state index contributed by atoms with van der Waals surface area (Å²) in [5.74, 6) is 0. The van der Waals surface area contributed by atoms with Gasteiger partial charge in [0, 0.05) is 44.7 Å². The van der Waals surface area contributed by atoms with Gasteiger partial charge in [-0.3, -0.25) is 0 Å². The van der Waals surface area contributed by atoms with E-state index in [1.54, 1.807) is 0 Å². The van der Waals surface area contributed by atoms with Crippen molar-refractivity contribution in [3.05, 3.63) is 138 Å². The first-order chi connectivity index (χ1) is 22.6. The molecule has 7 aromatic rings. The number of rotatable bonds is 1. The molecule has 3 aliphatic rings. The molecule has 0 saturated carbocycles. The first-order valence-electron chi connectivity index (χ1n) is 17.0. The van der Waals surface area contributed by atoms with Crippen molar-refractivity contribution in [2.45, 2.75) is 52.4 Å². The molecule has 0 atom stereocenters. The van der Waals surface area contributed by atoms with Crippen LogP contribution in [0.1, 0.15) is 57.0 Å².